The first kappa shape index (κ1) is 22.4. The average Bonchev–Trinajstić information content (AvgIpc) is 2.42. The van der Waals surface area contributed by atoms with Crippen LogP contribution in [0.3, 0.4) is 0 Å². The monoisotopic (exact) mass is 328 g/mol. The van der Waals surface area contributed by atoms with Crippen LogP contribution in [0.15, 0.2) is 0 Å². The van der Waals surface area contributed by atoms with E-state index in [1.54, 1.807) is 0 Å². The summed E-state index contributed by atoms with van der Waals surface area (Å²) in [4.78, 5) is 13.0. The largest absolute Gasteiger partial charge is 0.458 e. The number of rotatable bonds is 12. The summed E-state index contributed by atoms with van der Waals surface area (Å²) in [6.45, 7) is 16.6. The van der Waals surface area contributed by atoms with E-state index in [4.69, 9.17) is 9.47 Å². The molecule has 0 aliphatic rings. The molecule has 0 radical (unpaired) electrons. The fourth-order valence-corrected chi connectivity index (χ4v) is 3.23. The predicted molar refractivity (Wildman–Crippen MR) is 97.7 cm³/mol. The fourth-order valence-electron chi connectivity index (χ4n) is 3.23. The molecule has 0 aromatic rings. The number of esters is 1. The summed E-state index contributed by atoms with van der Waals surface area (Å²) in [6, 6.07) is 0. The molecule has 0 saturated carbocycles. The molecular weight excluding hydrogens is 288 g/mol. The van der Waals surface area contributed by atoms with Gasteiger partial charge in [0.05, 0.1) is 5.60 Å². The Bertz CT molecular complexity index is 347. The molecule has 0 bridgehead atoms. The quantitative estimate of drug-likeness (QED) is 0.409. The van der Waals surface area contributed by atoms with Crippen LogP contribution in [0.1, 0.15) is 107 Å². The maximum atomic E-state index is 13.0. The zero-order chi connectivity index (χ0) is 18.1. The number of carbonyl (C=O) groups excluding carboxylic acids is 1. The minimum absolute atomic E-state index is 0.184. The van der Waals surface area contributed by atoms with Gasteiger partial charge in [-0.05, 0) is 53.4 Å². The smallest absolute Gasteiger partial charge is 0.338 e. The molecule has 0 amide bonds. The Morgan fingerprint density at radius 2 is 1.30 bits per heavy atom. The molecule has 0 spiro atoms. The Hall–Kier alpha value is -0.570. The first-order chi connectivity index (χ1) is 10.6. The van der Waals surface area contributed by atoms with E-state index in [1.807, 2.05) is 20.8 Å². The topological polar surface area (TPSA) is 35.5 Å². The van der Waals surface area contributed by atoms with Gasteiger partial charge in [-0.2, -0.15) is 0 Å². The van der Waals surface area contributed by atoms with Crippen LogP contribution in [0.25, 0.3) is 0 Å². The zero-order valence-electron chi connectivity index (χ0n) is 16.9. The highest BCUT2D eigenvalue weighted by Crippen LogP contribution is 2.34. The van der Waals surface area contributed by atoms with Gasteiger partial charge in [-0.1, -0.05) is 53.4 Å². The van der Waals surface area contributed by atoms with E-state index in [2.05, 4.69) is 34.6 Å². The Morgan fingerprint density at radius 3 is 1.74 bits per heavy atom. The summed E-state index contributed by atoms with van der Waals surface area (Å²) in [7, 11) is 0. The highest BCUT2D eigenvalue weighted by Gasteiger charge is 2.44. The van der Waals surface area contributed by atoms with Gasteiger partial charge in [0, 0.05) is 0 Å². The summed E-state index contributed by atoms with van der Waals surface area (Å²) in [5.41, 5.74) is -1.57. The highest BCUT2D eigenvalue weighted by molar-refractivity contribution is 5.80. The third-order valence-corrected chi connectivity index (χ3v) is 4.42. The first-order valence-electron chi connectivity index (χ1n) is 9.51. The van der Waals surface area contributed by atoms with Crippen molar-refractivity contribution in [1.29, 1.82) is 0 Å². The van der Waals surface area contributed by atoms with Crippen LogP contribution >= 0.6 is 0 Å². The molecule has 0 N–H and O–H groups in total. The lowest BCUT2D eigenvalue weighted by Gasteiger charge is -2.40. The number of hydrogen-bond donors (Lipinski definition) is 0. The van der Waals surface area contributed by atoms with Gasteiger partial charge in [0.1, 0.15) is 5.60 Å². The molecule has 3 nitrogen and oxygen atoms in total. The highest BCUT2D eigenvalue weighted by atomic mass is 16.6. The van der Waals surface area contributed by atoms with Crippen molar-refractivity contribution in [3.8, 4) is 0 Å². The fraction of sp³-hybridized carbons (Fsp3) is 0.950. The molecule has 0 fully saturated rings. The SMILES string of the molecule is CCCCC(CC)(OC(C)(C)CCC)C(=O)OC(C)(C)CCC. The lowest BCUT2D eigenvalue weighted by Crippen LogP contribution is -2.50. The third-order valence-electron chi connectivity index (χ3n) is 4.42. The predicted octanol–water partition coefficient (Wildman–Crippen LogP) is 6.04. The van der Waals surface area contributed by atoms with Crippen molar-refractivity contribution in [2.45, 2.75) is 124 Å². The van der Waals surface area contributed by atoms with E-state index in [-0.39, 0.29) is 11.6 Å². The number of unbranched alkanes of at least 4 members (excludes halogenated alkanes) is 1. The van der Waals surface area contributed by atoms with Gasteiger partial charge in [-0.15, -0.1) is 0 Å². The van der Waals surface area contributed by atoms with Gasteiger partial charge in [-0.25, -0.2) is 4.79 Å². The maximum Gasteiger partial charge on any atom is 0.338 e. The molecule has 138 valence electrons. The van der Waals surface area contributed by atoms with Crippen molar-refractivity contribution in [3.05, 3.63) is 0 Å². The number of ether oxygens (including phenoxy) is 2. The van der Waals surface area contributed by atoms with E-state index in [9.17, 15) is 4.79 Å². The second kappa shape index (κ2) is 9.66. The molecule has 1 unspecified atom stereocenters. The van der Waals surface area contributed by atoms with Crippen molar-refractivity contribution in [1.82, 2.24) is 0 Å². The molecule has 0 rings (SSSR count). The normalized spacial score (nSPS) is 15.3. The van der Waals surface area contributed by atoms with Gasteiger partial charge >= 0.3 is 5.97 Å². The van der Waals surface area contributed by atoms with E-state index in [0.29, 0.717) is 6.42 Å². The third kappa shape index (κ3) is 7.69. The molecule has 0 heterocycles. The van der Waals surface area contributed by atoms with Crippen molar-refractivity contribution < 1.29 is 14.3 Å². The Morgan fingerprint density at radius 1 is 0.783 bits per heavy atom. The van der Waals surface area contributed by atoms with Crippen LogP contribution in [0.4, 0.5) is 0 Å². The Balaban J connectivity index is 5.35. The Kier molecular flexibility index (Phi) is 9.42. The van der Waals surface area contributed by atoms with Crippen LogP contribution in [0.2, 0.25) is 0 Å². The molecule has 1 atom stereocenters. The number of carbonyl (C=O) groups is 1. The summed E-state index contributed by atoms with van der Waals surface area (Å²) >= 11 is 0. The van der Waals surface area contributed by atoms with Crippen LogP contribution in [0, 0.1) is 0 Å². The molecule has 0 saturated heterocycles. The van der Waals surface area contributed by atoms with Crippen molar-refractivity contribution in [3.63, 3.8) is 0 Å². The van der Waals surface area contributed by atoms with E-state index < -0.39 is 11.2 Å². The standard InChI is InChI=1S/C20H40O3/c1-9-13-16-20(12-4,23-19(7,8)15-11-3)17(21)22-18(5,6)14-10-2/h9-16H2,1-8H3. The molecule has 0 aliphatic heterocycles. The zero-order valence-corrected chi connectivity index (χ0v) is 16.9. The van der Waals surface area contributed by atoms with Crippen molar-refractivity contribution in [2.75, 3.05) is 0 Å². The van der Waals surface area contributed by atoms with Crippen molar-refractivity contribution >= 4 is 5.97 Å². The van der Waals surface area contributed by atoms with E-state index in [1.165, 1.54) is 0 Å². The minimum Gasteiger partial charge on any atom is -0.458 e. The molecule has 3 heteroatoms. The molecular formula is C20H40O3. The van der Waals surface area contributed by atoms with Gasteiger partial charge in [0.25, 0.3) is 0 Å². The number of hydrogen-bond acceptors (Lipinski definition) is 3. The molecule has 0 aliphatic carbocycles. The van der Waals surface area contributed by atoms with Gasteiger partial charge < -0.3 is 9.47 Å². The van der Waals surface area contributed by atoms with Crippen LogP contribution in [0.5, 0.6) is 0 Å². The second-order valence-electron chi connectivity index (χ2n) is 7.96. The van der Waals surface area contributed by atoms with Gasteiger partial charge in [-0.3, -0.25) is 0 Å². The van der Waals surface area contributed by atoms with Crippen LogP contribution in [-0.2, 0) is 14.3 Å². The summed E-state index contributed by atoms with van der Waals surface area (Å²) in [5.74, 6) is -0.184. The lowest BCUT2D eigenvalue weighted by molar-refractivity contribution is -0.208. The Labute approximate surface area is 144 Å². The summed E-state index contributed by atoms with van der Waals surface area (Å²) < 4.78 is 12.3. The van der Waals surface area contributed by atoms with Gasteiger partial charge in [0.15, 0.2) is 5.60 Å². The van der Waals surface area contributed by atoms with E-state index >= 15 is 0 Å². The second-order valence-corrected chi connectivity index (χ2v) is 7.96. The summed E-state index contributed by atoms with van der Waals surface area (Å²) in [5, 5.41) is 0. The van der Waals surface area contributed by atoms with Crippen molar-refractivity contribution in [2.24, 2.45) is 0 Å². The van der Waals surface area contributed by atoms with E-state index in [0.717, 1.165) is 44.9 Å². The van der Waals surface area contributed by atoms with Crippen LogP contribution in [-0.4, -0.2) is 22.8 Å². The van der Waals surface area contributed by atoms with Gasteiger partial charge in [0.2, 0.25) is 0 Å². The maximum absolute atomic E-state index is 13.0. The van der Waals surface area contributed by atoms with Crippen LogP contribution < -0.4 is 0 Å². The molecule has 23 heavy (non-hydrogen) atoms. The lowest BCUT2D eigenvalue weighted by atomic mass is 9.90. The molecule has 0 aromatic carbocycles. The summed E-state index contributed by atoms with van der Waals surface area (Å²) in [6.07, 6.45) is 7.24. The molecule has 0 aromatic heterocycles. The average molecular weight is 329 g/mol. The minimum atomic E-state index is -0.820. The first-order valence-corrected chi connectivity index (χ1v) is 9.51.